The van der Waals surface area contributed by atoms with Gasteiger partial charge in [-0.15, -0.1) is 0 Å². The maximum absolute atomic E-state index is 12.4. The molecule has 2 aliphatic rings. The molecule has 0 bridgehead atoms. The summed E-state index contributed by atoms with van der Waals surface area (Å²) in [4.78, 5) is 24.8. The lowest BCUT2D eigenvalue weighted by molar-refractivity contribution is 0.0589. The fraction of sp³-hybridized carbons (Fsp3) is 0.375. The molecule has 1 aromatic rings. The van der Waals surface area contributed by atoms with Gasteiger partial charge in [0.2, 0.25) is 5.78 Å². The van der Waals surface area contributed by atoms with Crippen LogP contribution in [0.15, 0.2) is 35.6 Å². The van der Waals surface area contributed by atoms with Crippen LogP contribution < -0.4 is 0 Å². The molecular formula is C16H16O3. The molecule has 0 amide bonds. The van der Waals surface area contributed by atoms with E-state index in [1.807, 2.05) is 0 Å². The molecule has 3 rings (SSSR count). The molecule has 0 saturated heterocycles. The van der Waals surface area contributed by atoms with Crippen LogP contribution in [0.3, 0.4) is 0 Å². The van der Waals surface area contributed by atoms with Crippen molar-refractivity contribution in [1.82, 2.24) is 0 Å². The zero-order valence-corrected chi connectivity index (χ0v) is 10.9. The molecular weight excluding hydrogens is 240 g/mol. The van der Waals surface area contributed by atoms with Crippen molar-refractivity contribution in [2.75, 3.05) is 0 Å². The third-order valence-electron chi connectivity index (χ3n) is 3.78. The van der Waals surface area contributed by atoms with Crippen LogP contribution in [0, 0.1) is 0 Å². The normalized spacial score (nSPS) is 21.8. The van der Waals surface area contributed by atoms with Crippen molar-refractivity contribution in [3.63, 3.8) is 0 Å². The summed E-state index contributed by atoms with van der Waals surface area (Å²) in [5.74, 6) is 0.125. The molecule has 0 radical (unpaired) electrons. The van der Waals surface area contributed by atoms with Crippen LogP contribution in [0.5, 0.6) is 0 Å². The minimum Gasteiger partial charge on any atom is -0.486 e. The van der Waals surface area contributed by atoms with E-state index in [1.165, 1.54) is 0 Å². The molecule has 19 heavy (non-hydrogen) atoms. The second-order valence-electron chi connectivity index (χ2n) is 5.08. The molecule has 98 valence electrons. The van der Waals surface area contributed by atoms with Gasteiger partial charge in [0.05, 0.1) is 6.10 Å². The Bertz CT molecular complexity index is 583. The monoisotopic (exact) mass is 256 g/mol. The van der Waals surface area contributed by atoms with Gasteiger partial charge in [0.1, 0.15) is 0 Å². The highest BCUT2D eigenvalue weighted by atomic mass is 16.5. The third kappa shape index (κ3) is 1.89. The van der Waals surface area contributed by atoms with Gasteiger partial charge in [0.25, 0.3) is 0 Å². The van der Waals surface area contributed by atoms with E-state index in [2.05, 4.69) is 6.92 Å². The Labute approximate surface area is 112 Å². The third-order valence-corrected chi connectivity index (χ3v) is 3.78. The van der Waals surface area contributed by atoms with E-state index in [-0.39, 0.29) is 17.7 Å². The van der Waals surface area contributed by atoms with Crippen LogP contribution in [0.25, 0.3) is 0 Å². The quantitative estimate of drug-likeness (QED) is 0.815. The highest BCUT2D eigenvalue weighted by molar-refractivity contribution is 6.26. The first kappa shape index (κ1) is 12.2. The Morgan fingerprint density at radius 1 is 1.16 bits per heavy atom. The molecule has 3 heteroatoms. The van der Waals surface area contributed by atoms with Gasteiger partial charge in [-0.1, -0.05) is 37.6 Å². The number of Topliss-reactive ketones (excluding diaryl/α,β-unsaturated/α-hetero) is 2. The van der Waals surface area contributed by atoms with Gasteiger partial charge in [-0.25, -0.2) is 0 Å². The average Bonchev–Trinajstić information content (AvgIpc) is 2.45. The summed E-state index contributed by atoms with van der Waals surface area (Å²) >= 11 is 0. The second-order valence-corrected chi connectivity index (χ2v) is 5.08. The number of hydrogen-bond acceptors (Lipinski definition) is 3. The first-order valence-corrected chi connectivity index (χ1v) is 6.80. The largest absolute Gasteiger partial charge is 0.486 e. The molecule has 1 aliphatic heterocycles. The fourth-order valence-electron chi connectivity index (χ4n) is 2.81. The van der Waals surface area contributed by atoms with Crippen LogP contribution in [0.2, 0.25) is 0 Å². The summed E-state index contributed by atoms with van der Waals surface area (Å²) in [6, 6.07) is 6.99. The van der Waals surface area contributed by atoms with Gasteiger partial charge in [-0.05, 0) is 19.3 Å². The number of hydrogen-bond donors (Lipinski definition) is 0. The molecule has 1 unspecified atom stereocenters. The lowest BCUT2D eigenvalue weighted by Crippen LogP contribution is -2.30. The Morgan fingerprint density at radius 3 is 2.53 bits per heavy atom. The Balaban J connectivity index is 2.01. The van der Waals surface area contributed by atoms with Gasteiger partial charge < -0.3 is 4.74 Å². The van der Waals surface area contributed by atoms with Crippen LogP contribution in [-0.2, 0) is 4.74 Å². The SMILES string of the molecule is CCCC1CCC2=C(O1)C(=O)c1ccccc1C2=O. The van der Waals surface area contributed by atoms with E-state index in [1.54, 1.807) is 24.3 Å². The Kier molecular flexibility index (Phi) is 2.97. The summed E-state index contributed by atoms with van der Waals surface area (Å²) in [5.41, 5.74) is 1.56. The number of fused-ring (bicyclic) bond motifs is 1. The number of benzene rings is 1. The van der Waals surface area contributed by atoms with Crippen molar-refractivity contribution in [3.8, 4) is 0 Å². The van der Waals surface area contributed by atoms with Crippen LogP contribution in [0.1, 0.15) is 53.3 Å². The van der Waals surface area contributed by atoms with E-state index < -0.39 is 0 Å². The van der Waals surface area contributed by atoms with Crippen LogP contribution in [0.4, 0.5) is 0 Å². The molecule has 0 N–H and O–H groups in total. The maximum Gasteiger partial charge on any atom is 0.228 e. The Hall–Kier alpha value is -1.90. The predicted molar refractivity (Wildman–Crippen MR) is 71.1 cm³/mol. The molecule has 1 aromatic carbocycles. The molecule has 1 atom stereocenters. The number of carbonyl (C=O) groups is 2. The first-order valence-electron chi connectivity index (χ1n) is 6.80. The number of rotatable bonds is 2. The second kappa shape index (κ2) is 4.65. The summed E-state index contributed by atoms with van der Waals surface area (Å²) in [6.45, 7) is 2.09. The smallest absolute Gasteiger partial charge is 0.228 e. The minimum atomic E-state index is -0.133. The van der Waals surface area contributed by atoms with E-state index in [0.29, 0.717) is 28.9 Å². The molecule has 0 spiro atoms. The average molecular weight is 256 g/mol. The molecule has 0 fully saturated rings. The van der Waals surface area contributed by atoms with Crippen molar-refractivity contribution < 1.29 is 14.3 Å². The van der Waals surface area contributed by atoms with E-state index in [4.69, 9.17) is 4.74 Å². The minimum absolute atomic E-state index is 0.0415. The van der Waals surface area contributed by atoms with Crippen molar-refractivity contribution in [1.29, 1.82) is 0 Å². The van der Waals surface area contributed by atoms with Crippen LogP contribution in [-0.4, -0.2) is 17.7 Å². The zero-order chi connectivity index (χ0) is 13.4. The Morgan fingerprint density at radius 2 is 1.84 bits per heavy atom. The van der Waals surface area contributed by atoms with E-state index in [9.17, 15) is 9.59 Å². The summed E-state index contributed by atoms with van der Waals surface area (Å²) in [6.07, 6.45) is 3.50. The summed E-state index contributed by atoms with van der Waals surface area (Å²) < 4.78 is 5.78. The standard InChI is InChI=1S/C16H16O3/c1-2-5-10-8-9-13-14(17)11-6-3-4-7-12(11)15(18)16(13)19-10/h3-4,6-7,10H,2,5,8-9H2,1H3. The maximum atomic E-state index is 12.4. The van der Waals surface area contributed by atoms with E-state index in [0.717, 1.165) is 19.3 Å². The predicted octanol–water partition coefficient (Wildman–Crippen LogP) is 3.30. The van der Waals surface area contributed by atoms with Crippen molar-refractivity contribution >= 4 is 11.6 Å². The van der Waals surface area contributed by atoms with Crippen LogP contribution >= 0.6 is 0 Å². The van der Waals surface area contributed by atoms with Gasteiger partial charge in [-0.3, -0.25) is 9.59 Å². The topological polar surface area (TPSA) is 43.4 Å². The number of allylic oxidation sites excluding steroid dienone is 2. The van der Waals surface area contributed by atoms with Gasteiger partial charge >= 0.3 is 0 Å². The van der Waals surface area contributed by atoms with Crippen molar-refractivity contribution in [3.05, 3.63) is 46.7 Å². The number of ketones is 2. The summed E-state index contributed by atoms with van der Waals surface area (Å²) in [5, 5.41) is 0. The molecule has 0 saturated carbocycles. The van der Waals surface area contributed by atoms with Crippen molar-refractivity contribution in [2.45, 2.75) is 38.7 Å². The van der Waals surface area contributed by atoms with E-state index >= 15 is 0 Å². The summed E-state index contributed by atoms with van der Waals surface area (Å²) in [7, 11) is 0. The first-order chi connectivity index (χ1) is 9.22. The number of carbonyl (C=O) groups excluding carboxylic acids is 2. The van der Waals surface area contributed by atoms with Crippen molar-refractivity contribution in [2.24, 2.45) is 0 Å². The van der Waals surface area contributed by atoms with Gasteiger partial charge in [0, 0.05) is 16.7 Å². The molecule has 1 heterocycles. The fourth-order valence-corrected chi connectivity index (χ4v) is 2.81. The molecule has 3 nitrogen and oxygen atoms in total. The highest BCUT2D eigenvalue weighted by Gasteiger charge is 2.36. The lowest BCUT2D eigenvalue weighted by Gasteiger charge is -2.30. The lowest BCUT2D eigenvalue weighted by atomic mass is 9.84. The van der Waals surface area contributed by atoms with Gasteiger partial charge in [-0.2, -0.15) is 0 Å². The molecule has 1 aliphatic carbocycles. The highest BCUT2D eigenvalue weighted by Crippen LogP contribution is 2.35. The molecule has 0 aromatic heterocycles. The van der Waals surface area contributed by atoms with Gasteiger partial charge in [0.15, 0.2) is 11.5 Å². The number of ether oxygens (including phenoxy) is 1. The zero-order valence-electron chi connectivity index (χ0n) is 10.9.